The van der Waals surface area contributed by atoms with Gasteiger partial charge in [-0.3, -0.25) is 0 Å². The highest BCUT2D eigenvalue weighted by Crippen LogP contribution is 2.25. The zero-order chi connectivity index (χ0) is 13.9. The first-order chi connectivity index (χ1) is 9.03. The lowest BCUT2D eigenvalue weighted by Gasteiger charge is -2.03. The Hall–Kier alpha value is -1.35. The van der Waals surface area contributed by atoms with E-state index in [1.165, 1.54) is 17.7 Å². The minimum Gasteiger partial charge on any atom is -0.326 e. The van der Waals surface area contributed by atoms with Crippen LogP contribution >= 0.6 is 11.3 Å². The second-order valence-electron chi connectivity index (χ2n) is 3.90. The fourth-order valence-electron chi connectivity index (χ4n) is 1.49. The monoisotopic (exact) mass is 298 g/mol. The molecule has 0 radical (unpaired) electrons. The lowest BCUT2D eigenvalue weighted by molar-refractivity contribution is 0.582. The number of hydrogen-bond donors (Lipinski definition) is 2. The summed E-state index contributed by atoms with van der Waals surface area (Å²) in [6.07, 6.45) is 2.95. The molecule has 0 atom stereocenters. The van der Waals surface area contributed by atoms with Crippen molar-refractivity contribution in [1.29, 1.82) is 0 Å². The van der Waals surface area contributed by atoms with Crippen LogP contribution in [0.2, 0.25) is 0 Å². The summed E-state index contributed by atoms with van der Waals surface area (Å²) in [4.78, 5) is 8.61. The second-order valence-corrected chi connectivity index (χ2v) is 7.03. The van der Waals surface area contributed by atoms with Gasteiger partial charge >= 0.3 is 0 Å². The molecule has 0 fully saturated rings. The maximum atomic E-state index is 12.1. The van der Waals surface area contributed by atoms with E-state index in [0.717, 1.165) is 10.4 Å². The summed E-state index contributed by atoms with van der Waals surface area (Å²) in [5.41, 5.74) is 7.07. The molecule has 0 unspecified atom stereocenters. The zero-order valence-corrected chi connectivity index (χ0v) is 12.0. The first kappa shape index (κ1) is 14.1. The van der Waals surface area contributed by atoms with Crippen LogP contribution in [-0.2, 0) is 23.1 Å². The first-order valence-corrected chi connectivity index (χ1v) is 7.87. The summed E-state index contributed by atoms with van der Waals surface area (Å²) in [6, 6.07) is 3.29. The third kappa shape index (κ3) is 3.35. The lowest BCUT2D eigenvalue weighted by Crippen LogP contribution is -2.22. The molecule has 0 aromatic carbocycles. The molecule has 0 amide bonds. The maximum absolute atomic E-state index is 12.1. The minimum absolute atomic E-state index is 0.139. The molecule has 0 spiro atoms. The molecule has 3 N–H and O–H groups in total. The molecule has 2 heterocycles. The van der Waals surface area contributed by atoms with Crippen LogP contribution < -0.4 is 10.5 Å². The van der Waals surface area contributed by atoms with Crippen LogP contribution in [0.3, 0.4) is 0 Å². The van der Waals surface area contributed by atoms with Gasteiger partial charge in [0, 0.05) is 17.6 Å². The average molecular weight is 298 g/mol. The van der Waals surface area contributed by atoms with Crippen molar-refractivity contribution in [2.45, 2.75) is 24.2 Å². The molecular formula is C11H14N4O2S2. The number of nitrogens with zero attached hydrogens (tertiary/aromatic N) is 2. The average Bonchev–Trinajstić information content (AvgIpc) is 2.80. The zero-order valence-electron chi connectivity index (χ0n) is 10.3. The van der Waals surface area contributed by atoms with E-state index < -0.39 is 10.0 Å². The van der Waals surface area contributed by atoms with E-state index in [2.05, 4.69) is 14.7 Å². The van der Waals surface area contributed by atoms with Crippen LogP contribution in [-0.4, -0.2) is 18.4 Å². The van der Waals surface area contributed by atoms with Crippen LogP contribution in [0, 0.1) is 6.92 Å². The summed E-state index contributed by atoms with van der Waals surface area (Å²) in [5, 5.41) is 0. The molecule has 2 aromatic heterocycles. The number of sulfonamides is 1. The topological polar surface area (TPSA) is 98.0 Å². The molecule has 6 nitrogen and oxygen atoms in total. The summed E-state index contributed by atoms with van der Waals surface area (Å²) in [5.74, 6) is 0. The van der Waals surface area contributed by atoms with Crippen LogP contribution in [0.1, 0.15) is 16.1 Å². The summed E-state index contributed by atoms with van der Waals surface area (Å²) < 4.78 is 27.0. The van der Waals surface area contributed by atoms with E-state index in [0.29, 0.717) is 12.2 Å². The number of rotatable bonds is 5. The lowest BCUT2D eigenvalue weighted by atomic mass is 10.3. The van der Waals surface area contributed by atoms with Crippen molar-refractivity contribution in [2.75, 3.05) is 0 Å². The third-order valence-electron chi connectivity index (χ3n) is 2.53. The van der Waals surface area contributed by atoms with Crippen molar-refractivity contribution in [2.24, 2.45) is 5.73 Å². The predicted molar refractivity (Wildman–Crippen MR) is 73.0 cm³/mol. The fourth-order valence-corrected chi connectivity index (χ4v) is 4.00. The van der Waals surface area contributed by atoms with Crippen molar-refractivity contribution in [1.82, 2.24) is 14.7 Å². The van der Waals surface area contributed by atoms with Gasteiger partial charge in [0.25, 0.3) is 0 Å². The fraction of sp³-hybridized carbons (Fsp3) is 0.273. The highest BCUT2D eigenvalue weighted by atomic mass is 32.2. The van der Waals surface area contributed by atoms with Crippen LogP contribution in [0.5, 0.6) is 0 Å². The predicted octanol–water partition coefficient (Wildman–Crippen LogP) is 0.784. The van der Waals surface area contributed by atoms with E-state index in [1.54, 1.807) is 18.3 Å². The molecule has 0 bridgehead atoms. The van der Waals surface area contributed by atoms with Crippen molar-refractivity contribution in [3.63, 3.8) is 0 Å². The number of nitrogens with one attached hydrogen (secondary N) is 1. The summed E-state index contributed by atoms with van der Waals surface area (Å²) in [7, 11) is -3.52. The Labute approximate surface area is 115 Å². The highest BCUT2D eigenvalue weighted by molar-refractivity contribution is 7.91. The van der Waals surface area contributed by atoms with Crippen molar-refractivity contribution in [3.05, 3.63) is 40.8 Å². The van der Waals surface area contributed by atoms with Gasteiger partial charge in [-0.15, -0.1) is 11.3 Å². The van der Waals surface area contributed by atoms with Gasteiger partial charge in [-0.2, -0.15) is 0 Å². The Bertz CT molecular complexity index is 653. The van der Waals surface area contributed by atoms with Crippen LogP contribution in [0.25, 0.3) is 0 Å². The first-order valence-electron chi connectivity index (χ1n) is 5.57. The second kappa shape index (κ2) is 5.74. The Kier molecular flexibility index (Phi) is 4.25. The number of aromatic nitrogens is 2. The van der Waals surface area contributed by atoms with E-state index in [4.69, 9.17) is 5.73 Å². The molecule has 0 aliphatic carbocycles. The van der Waals surface area contributed by atoms with Gasteiger partial charge in [0.15, 0.2) is 0 Å². The van der Waals surface area contributed by atoms with Gasteiger partial charge in [-0.25, -0.2) is 23.1 Å². The van der Waals surface area contributed by atoms with E-state index in [-0.39, 0.29) is 10.8 Å². The van der Waals surface area contributed by atoms with Crippen molar-refractivity contribution >= 4 is 21.4 Å². The Morgan fingerprint density at radius 2 is 2.26 bits per heavy atom. The van der Waals surface area contributed by atoms with Gasteiger partial charge in [-0.1, -0.05) is 0 Å². The number of nitrogens with two attached hydrogens (primary N) is 1. The van der Waals surface area contributed by atoms with Gasteiger partial charge in [-0.05, 0) is 24.6 Å². The van der Waals surface area contributed by atoms with Gasteiger partial charge < -0.3 is 5.73 Å². The quantitative estimate of drug-likeness (QED) is 0.850. The Morgan fingerprint density at radius 3 is 2.84 bits per heavy atom. The van der Waals surface area contributed by atoms with Crippen LogP contribution in [0.15, 0.2) is 28.9 Å². The molecular weight excluding hydrogens is 284 g/mol. The van der Waals surface area contributed by atoms with E-state index >= 15 is 0 Å². The summed E-state index contributed by atoms with van der Waals surface area (Å²) in [6.45, 7) is 2.33. The number of aryl methyl sites for hydroxylation is 1. The minimum atomic E-state index is -3.52. The highest BCUT2D eigenvalue weighted by Gasteiger charge is 2.18. The normalized spacial score (nSPS) is 11.7. The molecule has 0 aliphatic heterocycles. The molecule has 0 saturated carbocycles. The summed E-state index contributed by atoms with van der Waals surface area (Å²) >= 11 is 1.19. The largest absolute Gasteiger partial charge is 0.326 e. The van der Waals surface area contributed by atoms with Gasteiger partial charge in [0.05, 0.1) is 12.2 Å². The molecule has 19 heavy (non-hydrogen) atoms. The molecule has 102 valence electrons. The maximum Gasteiger partial charge on any atom is 0.250 e. The molecule has 0 aliphatic rings. The van der Waals surface area contributed by atoms with E-state index in [1.807, 2.05) is 6.92 Å². The number of hydrogen-bond acceptors (Lipinski definition) is 6. The van der Waals surface area contributed by atoms with Gasteiger partial charge in [0.2, 0.25) is 10.0 Å². The Morgan fingerprint density at radius 1 is 1.47 bits per heavy atom. The van der Waals surface area contributed by atoms with Crippen molar-refractivity contribution in [3.8, 4) is 0 Å². The molecule has 8 heteroatoms. The van der Waals surface area contributed by atoms with Crippen molar-refractivity contribution < 1.29 is 8.42 Å². The SMILES string of the molecule is Cc1cc(S(=O)(=O)NCc2ccncn2)sc1CN. The number of thiophene rings is 1. The third-order valence-corrected chi connectivity index (χ3v) is 5.67. The van der Waals surface area contributed by atoms with Gasteiger partial charge in [0.1, 0.15) is 10.5 Å². The Balaban J connectivity index is 2.14. The van der Waals surface area contributed by atoms with Crippen LogP contribution in [0.4, 0.5) is 0 Å². The van der Waals surface area contributed by atoms with E-state index in [9.17, 15) is 8.42 Å². The smallest absolute Gasteiger partial charge is 0.250 e. The molecule has 0 saturated heterocycles. The molecule has 2 rings (SSSR count). The standard InChI is InChI=1S/C11H14N4O2S2/c1-8-4-11(18-10(8)5-12)19(16,17)15-6-9-2-3-13-7-14-9/h2-4,7,15H,5-6,12H2,1H3. The molecule has 2 aromatic rings.